The second-order valence-corrected chi connectivity index (χ2v) is 4.99. The van der Waals surface area contributed by atoms with Crippen LogP contribution in [0.2, 0.25) is 0 Å². The van der Waals surface area contributed by atoms with Crippen LogP contribution in [0.15, 0.2) is 12.1 Å². The molecule has 0 saturated heterocycles. The molecule has 1 aromatic heterocycles. The molecule has 5 heteroatoms. The number of anilines is 1. The van der Waals surface area contributed by atoms with E-state index in [4.69, 9.17) is 18.0 Å². The van der Waals surface area contributed by atoms with E-state index < -0.39 is 0 Å². The number of nitrogens with zero attached hydrogens (tertiary/aromatic N) is 2. The summed E-state index contributed by atoms with van der Waals surface area (Å²) in [5.74, 6) is 0.849. The first-order chi connectivity index (χ1) is 9.06. The molecule has 0 aromatic carbocycles. The third kappa shape index (κ3) is 5.53. The SMILES string of the molecule is CCN(CC)CCCNc1cc(C(N)=S)cc(C)n1. The molecule has 0 aliphatic heterocycles. The van der Waals surface area contributed by atoms with Crippen molar-refractivity contribution in [3.8, 4) is 0 Å². The summed E-state index contributed by atoms with van der Waals surface area (Å²) in [5, 5.41) is 3.33. The van der Waals surface area contributed by atoms with Crippen LogP contribution in [0, 0.1) is 6.92 Å². The number of rotatable bonds is 8. The third-order valence-electron chi connectivity index (χ3n) is 3.09. The van der Waals surface area contributed by atoms with Gasteiger partial charge in [-0.05, 0) is 45.1 Å². The van der Waals surface area contributed by atoms with Gasteiger partial charge in [0.25, 0.3) is 0 Å². The number of pyridine rings is 1. The number of aromatic nitrogens is 1. The first-order valence-corrected chi connectivity index (χ1v) is 7.22. The van der Waals surface area contributed by atoms with E-state index in [0.29, 0.717) is 4.99 Å². The van der Waals surface area contributed by atoms with Crippen LogP contribution in [0.1, 0.15) is 31.5 Å². The smallest absolute Gasteiger partial charge is 0.126 e. The molecule has 106 valence electrons. The Labute approximate surface area is 121 Å². The molecule has 0 bridgehead atoms. The van der Waals surface area contributed by atoms with Gasteiger partial charge in [-0.1, -0.05) is 26.1 Å². The summed E-state index contributed by atoms with van der Waals surface area (Å²) in [5.41, 5.74) is 7.45. The van der Waals surface area contributed by atoms with Gasteiger partial charge in [-0.25, -0.2) is 4.98 Å². The molecular formula is C14H24N4S. The molecule has 0 atom stereocenters. The van der Waals surface area contributed by atoms with Gasteiger partial charge in [-0.2, -0.15) is 0 Å². The van der Waals surface area contributed by atoms with Crippen LogP contribution in [0.25, 0.3) is 0 Å². The Morgan fingerprint density at radius 3 is 2.63 bits per heavy atom. The maximum absolute atomic E-state index is 5.65. The maximum atomic E-state index is 5.65. The van der Waals surface area contributed by atoms with Gasteiger partial charge in [0.1, 0.15) is 10.8 Å². The summed E-state index contributed by atoms with van der Waals surface area (Å²) < 4.78 is 0. The summed E-state index contributed by atoms with van der Waals surface area (Å²) in [7, 11) is 0. The van der Waals surface area contributed by atoms with Crippen molar-refractivity contribution in [3.05, 3.63) is 23.4 Å². The van der Waals surface area contributed by atoms with E-state index >= 15 is 0 Å². The summed E-state index contributed by atoms with van der Waals surface area (Å²) >= 11 is 5.00. The monoisotopic (exact) mass is 280 g/mol. The van der Waals surface area contributed by atoms with Crippen LogP contribution in [-0.2, 0) is 0 Å². The lowest BCUT2D eigenvalue weighted by Gasteiger charge is -2.17. The Hall–Kier alpha value is -1.20. The highest BCUT2D eigenvalue weighted by molar-refractivity contribution is 7.80. The van der Waals surface area contributed by atoms with E-state index in [2.05, 4.69) is 29.0 Å². The van der Waals surface area contributed by atoms with Crippen LogP contribution < -0.4 is 11.1 Å². The number of thiocarbonyl (C=S) groups is 1. The Morgan fingerprint density at radius 2 is 2.05 bits per heavy atom. The normalized spacial score (nSPS) is 10.7. The van der Waals surface area contributed by atoms with Crippen molar-refractivity contribution in [3.63, 3.8) is 0 Å². The molecule has 3 N–H and O–H groups in total. The van der Waals surface area contributed by atoms with E-state index in [9.17, 15) is 0 Å². The lowest BCUT2D eigenvalue weighted by atomic mass is 10.2. The van der Waals surface area contributed by atoms with Crippen molar-refractivity contribution < 1.29 is 0 Å². The molecule has 0 amide bonds. The van der Waals surface area contributed by atoms with Crippen LogP contribution in [0.5, 0.6) is 0 Å². The van der Waals surface area contributed by atoms with E-state index in [0.717, 1.165) is 49.7 Å². The van der Waals surface area contributed by atoms with E-state index in [1.54, 1.807) is 0 Å². The predicted octanol–water partition coefficient (Wildman–Crippen LogP) is 2.17. The lowest BCUT2D eigenvalue weighted by Crippen LogP contribution is -2.25. The molecule has 19 heavy (non-hydrogen) atoms. The number of nitrogens with one attached hydrogen (secondary N) is 1. The summed E-state index contributed by atoms with van der Waals surface area (Å²) in [6, 6.07) is 3.82. The summed E-state index contributed by atoms with van der Waals surface area (Å²) in [4.78, 5) is 7.26. The van der Waals surface area contributed by atoms with Crippen LogP contribution in [0.3, 0.4) is 0 Å². The number of hydrogen-bond acceptors (Lipinski definition) is 4. The maximum Gasteiger partial charge on any atom is 0.126 e. The van der Waals surface area contributed by atoms with Crippen molar-refractivity contribution >= 4 is 23.0 Å². The van der Waals surface area contributed by atoms with Gasteiger partial charge in [0.2, 0.25) is 0 Å². The van der Waals surface area contributed by atoms with Gasteiger partial charge in [-0.3, -0.25) is 0 Å². The van der Waals surface area contributed by atoms with Crippen LogP contribution in [-0.4, -0.2) is 41.1 Å². The fourth-order valence-electron chi connectivity index (χ4n) is 1.96. The number of aryl methyl sites for hydroxylation is 1. The highest BCUT2D eigenvalue weighted by atomic mass is 32.1. The van der Waals surface area contributed by atoms with Crippen molar-refractivity contribution in [2.24, 2.45) is 5.73 Å². The highest BCUT2D eigenvalue weighted by Gasteiger charge is 2.03. The molecule has 0 saturated carbocycles. The standard InChI is InChI=1S/C14H24N4S/c1-4-18(5-2)8-6-7-16-13-10-12(14(15)19)9-11(3)17-13/h9-10H,4-8H2,1-3H3,(H2,15,19)(H,16,17). The molecule has 0 spiro atoms. The van der Waals surface area contributed by atoms with Crippen molar-refractivity contribution in [1.82, 2.24) is 9.88 Å². The molecule has 1 rings (SSSR count). The molecule has 0 aliphatic rings. The van der Waals surface area contributed by atoms with Crippen molar-refractivity contribution in [2.45, 2.75) is 27.2 Å². The van der Waals surface area contributed by atoms with Gasteiger partial charge in [0, 0.05) is 17.8 Å². The molecule has 0 aliphatic carbocycles. The second kappa shape index (κ2) is 8.07. The first kappa shape index (κ1) is 15.9. The van der Waals surface area contributed by atoms with Crippen LogP contribution in [0.4, 0.5) is 5.82 Å². The van der Waals surface area contributed by atoms with Crippen molar-refractivity contribution in [1.29, 1.82) is 0 Å². The van der Waals surface area contributed by atoms with E-state index in [1.165, 1.54) is 0 Å². The largest absolute Gasteiger partial charge is 0.389 e. The van der Waals surface area contributed by atoms with Gasteiger partial charge in [-0.15, -0.1) is 0 Å². The minimum absolute atomic E-state index is 0.414. The minimum Gasteiger partial charge on any atom is -0.389 e. The lowest BCUT2D eigenvalue weighted by molar-refractivity contribution is 0.303. The minimum atomic E-state index is 0.414. The number of nitrogens with two attached hydrogens (primary N) is 1. The Balaban J connectivity index is 2.47. The summed E-state index contributed by atoms with van der Waals surface area (Å²) in [6.07, 6.45) is 1.10. The Morgan fingerprint density at radius 1 is 1.37 bits per heavy atom. The molecule has 4 nitrogen and oxygen atoms in total. The molecule has 0 radical (unpaired) electrons. The molecule has 1 heterocycles. The van der Waals surface area contributed by atoms with Gasteiger partial charge in [0.05, 0.1) is 0 Å². The molecule has 0 fully saturated rings. The van der Waals surface area contributed by atoms with Gasteiger partial charge < -0.3 is 16.0 Å². The molecule has 1 aromatic rings. The fourth-order valence-corrected chi connectivity index (χ4v) is 2.08. The average molecular weight is 280 g/mol. The molecule has 0 unspecified atom stereocenters. The van der Waals surface area contributed by atoms with Gasteiger partial charge >= 0.3 is 0 Å². The third-order valence-corrected chi connectivity index (χ3v) is 3.33. The average Bonchev–Trinajstić information content (AvgIpc) is 2.38. The zero-order chi connectivity index (χ0) is 14.3. The zero-order valence-electron chi connectivity index (χ0n) is 12.1. The Bertz CT molecular complexity index is 416. The first-order valence-electron chi connectivity index (χ1n) is 6.81. The van der Waals surface area contributed by atoms with E-state index in [1.807, 2.05) is 19.1 Å². The van der Waals surface area contributed by atoms with E-state index in [-0.39, 0.29) is 0 Å². The van der Waals surface area contributed by atoms with Gasteiger partial charge in [0.15, 0.2) is 0 Å². The predicted molar refractivity (Wildman–Crippen MR) is 85.8 cm³/mol. The quantitative estimate of drug-likeness (QED) is 0.564. The topological polar surface area (TPSA) is 54.2 Å². The molecular weight excluding hydrogens is 256 g/mol. The Kier molecular flexibility index (Phi) is 6.73. The summed E-state index contributed by atoms with van der Waals surface area (Å²) in [6.45, 7) is 10.5. The van der Waals surface area contributed by atoms with Crippen molar-refractivity contribution in [2.75, 3.05) is 31.5 Å². The second-order valence-electron chi connectivity index (χ2n) is 4.55. The fraction of sp³-hybridized carbons (Fsp3) is 0.571. The zero-order valence-corrected chi connectivity index (χ0v) is 12.9. The van der Waals surface area contributed by atoms with Crippen LogP contribution >= 0.6 is 12.2 Å². The number of hydrogen-bond donors (Lipinski definition) is 2. The highest BCUT2D eigenvalue weighted by Crippen LogP contribution is 2.10.